The molecule has 6 nitrogen and oxygen atoms in total. The van der Waals surface area contributed by atoms with Gasteiger partial charge in [0.25, 0.3) is 0 Å². The lowest BCUT2D eigenvalue weighted by Crippen LogP contribution is -2.35. The monoisotopic (exact) mass is 342 g/mol. The molecule has 1 rings (SSSR count). The molecule has 1 heterocycles. The minimum Gasteiger partial charge on any atom is -0.384 e. The molecule has 0 spiro atoms. The summed E-state index contributed by atoms with van der Waals surface area (Å²) < 4.78 is 11.1. The third-order valence-corrected chi connectivity index (χ3v) is 4.77. The second-order valence-electron chi connectivity index (χ2n) is 7.64. The van der Waals surface area contributed by atoms with Gasteiger partial charge in [0.15, 0.2) is 0 Å². The molecule has 0 aromatic heterocycles. The molecule has 0 aliphatic carbocycles. The Balaban J connectivity index is 2.43. The number of methoxy groups -OCH3 is 1. The molecule has 1 fully saturated rings. The Labute approximate surface area is 146 Å². The fraction of sp³-hybridized carbons (Fsp3) is 0.889. The van der Waals surface area contributed by atoms with Gasteiger partial charge >= 0.3 is 0 Å². The summed E-state index contributed by atoms with van der Waals surface area (Å²) >= 11 is 0. The standard InChI is InChI=1S/C18H34N2O4/c1-7-18(13-24-12-17(3,4)11-23-6)10-20(18)16(22)9-8-15(19-5)14(2)21/h15,19H,7-13H2,1-6H3/t15-,18?,20?/m1/s1. The largest absolute Gasteiger partial charge is 0.384 e. The quantitative estimate of drug-likeness (QED) is 0.546. The Bertz CT molecular complexity index is 439. The fourth-order valence-electron chi connectivity index (χ4n) is 3.04. The van der Waals surface area contributed by atoms with Gasteiger partial charge < -0.3 is 19.7 Å². The van der Waals surface area contributed by atoms with E-state index in [0.29, 0.717) is 32.7 Å². The number of hydrogen-bond acceptors (Lipinski definition) is 5. The van der Waals surface area contributed by atoms with Crippen molar-refractivity contribution in [3.05, 3.63) is 0 Å². The summed E-state index contributed by atoms with van der Waals surface area (Å²) in [6, 6.07) is -0.240. The van der Waals surface area contributed by atoms with Crippen LogP contribution in [0.5, 0.6) is 0 Å². The Morgan fingerprint density at radius 2 is 2.00 bits per heavy atom. The van der Waals surface area contributed by atoms with Gasteiger partial charge in [-0.25, -0.2) is 0 Å². The molecule has 140 valence electrons. The summed E-state index contributed by atoms with van der Waals surface area (Å²) in [5, 5.41) is 2.96. The summed E-state index contributed by atoms with van der Waals surface area (Å²) in [6.07, 6.45) is 1.82. The zero-order valence-corrected chi connectivity index (χ0v) is 16.1. The number of amides is 1. The molecular weight excluding hydrogens is 308 g/mol. The molecule has 1 N–H and O–H groups in total. The number of nitrogens with zero attached hydrogens (tertiary/aromatic N) is 1. The van der Waals surface area contributed by atoms with E-state index in [2.05, 4.69) is 26.1 Å². The summed E-state index contributed by atoms with van der Waals surface area (Å²) in [7, 11) is 3.44. The number of ether oxygens (including phenoxy) is 2. The average molecular weight is 342 g/mol. The van der Waals surface area contributed by atoms with Gasteiger partial charge in [0, 0.05) is 25.5 Å². The summed E-state index contributed by atoms with van der Waals surface area (Å²) in [6.45, 7) is 10.4. The third-order valence-electron chi connectivity index (χ3n) is 4.77. The van der Waals surface area contributed by atoms with Crippen LogP contribution in [0.3, 0.4) is 0 Å². The highest BCUT2D eigenvalue weighted by Crippen LogP contribution is 2.37. The van der Waals surface area contributed by atoms with Crippen molar-refractivity contribution in [1.82, 2.24) is 10.2 Å². The first-order valence-corrected chi connectivity index (χ1v) is 8.76. The van der Waals surface area contributed by atoms with Gasteiger partial charge in [-0.05, 0) is 26.8 Å². The zero-order chi connectivity index (χ0) is 18.4. The first-order chi connectivity index (χ1) is 11.2. The highest BCUT2D eigenvalue weighted by atomic mass is 16.5. The summed E-state index contributed by atoms with van der Waals surface area (Å²) in [5.74, 6) is 0.180. The number of carbonyl (C=O) groups excluding carboxylic acids is 2. The molecule has 1 amide bonds. The van der Waals surface area contributed by atoms with Crippen LogP contribution in [-0.4, -0.2) is 68.7 Å². The van der Waals surface area contributed by atoms with E-state index < -0.39 is 0 Å². The van der Waals surface area contributed by atoms with Crippen LogP contribution < -0.4 is 5.32 Å². The number of carbonyl (C=O) groups is 2. The third kappa shape index (κ3) is 5.83. The first-order valence-electron chi connectivity index (χ1n) is 8.76. The molecule has 0 aromatic rings. The van der Waals surface area contributed by atoms with Gasteiger partial charge in [-0.3, -0.25) is 9.59 Å². The SMILES string of the molecule is CCC1(COCC(C)(C)COC)CN1C(=O)CC[C@@H](NC)C(C)=O. The van der Waals surface area contributed by atoms with Crippen LogP contribution in [-0.2, 0) is 19.1 Å². The highest BCUT2D eigenvalue weighted by Gasteiger charge is 2.53. The first kappa shape index (κ1) is 21.1. The van der Waals surface area contributed by atoms with Crippen LogP contribution in [0.4, 0.5) is 0 Å². The molecule has 6 heteroatoms. The van der Waals surface area contributed by atoms with E-state index in [9.17, 15) is 9.59 Å². The number of nitrogens with one attached hydrogen (secondary N) is 1. The molecule has 1 aliphatic rings. The normalized spacial score (nSPS) is 21.7. The smallest absolute Gasteiger partial charge is 0.223 e. The second-order valence-corrected chi connectivity index (χ2v) is 7.64. The molecule has 1 aliphatic heterocycles. The van der Waals surface area contributed by atoms with E-state index in [1.54, 1.807) is 21.1 Å². The molecular formula is C18H34N2O4. The molecule has 0 bridgehead atoms. The minimum atomic E-state index is -0.240. The van der Waals surface area contributed by atoms with Gasteiger partial charge in [-0.15, -0.1) is 0 Å². The molecule has 24 heavy (non-hydrogen) atoms. The van der Waals surface area contributed by atoms with Gasteiger partial charge in [-0.1, -0.05) is 20.8 Å². The van der Waals surface area contributed by atoms with Crippen LogP contribution in [0, 0.1) is 5.41 Å². The van der Waals surface area contributed by atoms with Crippen LogP contribution in [0.25, 0.3) is 0 Å². The van der Waals surface area contributed by atoms with E-state index in [0.717, 1.165) is 13.0 Å². The van der Waals surface area contributed by atoms with Crippen molar-refractivity contribution in [3.8, 4) is 0 Å². The molecule has 1 saturated heterocycles. The van der Waals surface area contributed by atoms with Gasteiger partial charge in [0.05, 0.1) is 31.4 Å². The Hall–Kier alpha value is -0.980. The van der Waals surface area contributed by atoms with E-state index in [1.165, 1.54) is 0 Å². The van der Waals surface area contributed by atoms with Crippen molar-refractivity contribution in [1.29, 1.82) is 0 Å². The number of Topliss-reactive ketones (excluding diaryl/α,β-unsaturated/α-hetero) is 1. The predicted molar refractivity (Wildman–Crippen MR) is 94.0 cm³/mol. The van der Waals surface area contributed by atoms with Gasteiger partial charge in [-0.2, -0.15) is 0 Å². The zero-order valence-electron chi connectivity index (χ0n) is 16.1. The van der Waals surface area contributed by atoms with Crippen molar-refractivity contribution in [2.45, 2.75) is 58.5 Å². The second kappa shape index (κ2) is 8.92. The van der Waals surface area contributed by atoms with E-state index in [4.69, 9.17) is 9.47 Å². The lowest BCUT2D eigenvalue weighted by atomic mass is 9.96. The molecule has 1 unspecified atom stereocenters. The molecule has 0 saturated carbocycles. The van der Waals surface area contributed by atoms with Crippen molar-refractivity contribution >= 4 is 11.7 Å². The lowest BCUT2D eigenvalue weighted by molar-refractivity contribution is -0.128. The number of rotatable bonds is 12. The Morgan fingerprint density at radius 1 is 1.33 bits per heavy atom. The highest BCUT2D eigenvalue weighted by molar-refractivity contribution is 5.84. The van der Waals surface area contributed by atoms with Crippen LogP contribution in [0.15, 0.2) is 0 Å². The molecule has 0 radical (unpaired) electrons. The predicted octanol–water partition coefficient (Wildman–Crippen LogP) is 1.62. The van der Waals surface area contributed by atoms with Crippen molar-refractivity contribution < 1.29 is 19.1 Å². The summed E-state index contributed by atoms with van der Waals surface area (Å²) in [4.78, 5) is 25.7. The van der Waals surface area contributed by atoms with E-state index in [1.807, 2.05) is 4.90 Å². The van der Waals surface area contributed by atoms with Crippen LogP contribution in [0.1, 0.15) is 47.0 Å². The number of ketones is 1. The number of likely N-dealkylation sites (N-methyl/N-ethyl adjacent to an activating group) is 1. The fourth-order valence-corrected chi connectivity index (χ4v) is 3.04. The van der Waals surface area contributed by atoms with Crippen LogP contribution in [0.2, 0.25) is 0 Å². The Kier molecular flexibility index (Phi) is 7.83. The van der Waals surface area contributed by atoms with Crippen LogP contribution >= 0.6 is 0 Å². The average Bonchev–Trinajstić information content (AvgIpc) is 3.22. The lowest BCUT2D eigenvalue weighted by Gasteiger charge is -2.25. The van der Waals surface area contributed by atoms with E-state index >= 15 is 0 Å². The summed E-state index contributed by atoms with van der Waals surface area (Å²) in [5.41, 5.74) is -0.194. The van der Waals surface area contributed by atoms with Crippen molar-refractivity contribution in [3.63, 3.8) is 0 Å². The van der Waals surface area contributed by atoms with Gasteiger partial charge in [0.1, 0.15) is 5.78 Å². The topological polar surface area (TPSA) is 67.6 Å². The van der Waals surface area contributed by atoms with Gasteiger partial charge in [0.2, 0.25) is 5.91 Å². The minimum absolute atomic E-state index is 0.0328. The maximum Gasteiger partial charge on any atom is 0.223 e. The van der Waals surface area contributed by atoms with E-state index in [-0.39, 0.29) is 28.7 Å². The molecule has 0 aromatic carbocycles. The maximum absolute atomic E-state index is 12.4. The number of hydrogen-bond donors (Lipinski definition) is 1. The van der Waals surface area contributed by atoms with Crippen molar-refractivity contribution in [2.24, 2.45) is 5.41 Å². The molecule has 2 atom stereocenters. The van der Waals surface area contributed by atoms with Crippen molar-refractivity contribution in [2.75, 3.05) is 40.5 Å². The Morgan fingerprint density at radius 3 is 2.50 bits per heavy atom. The maximum atomic E-state index is 12.4.